The Morgan fingerprint density at radius 3 is 2.95 bits per heavy atom. The Hall–Kier alpha value is -2.11. The highest BCUT2D eigenvalue weighted by Crippen LogP contribution is 2.05. The Morgan fingerprint density at radius 2 is 2.32 bits per heavy atom. The molecule has 0 radical (unpaired) electrons. The molecule has 2 rings (SSSR count). The average molecular weight is 261 g/mol. The highest BCUT2D eigenvalue weighted by molar-refractivity contribution is 5.79. The molecule has 0 aliphatic carbocycles. The van der Waals surface area contributed by atoms with E-state index in [0.29, 0.717) is 6.54 Å². The number of aromatic nitrogens is 4. The molecule has 102 valence electrons. The summed E-state index contributed by atoms with van der Waals surface area (Å²) in [5.41, 5.74) is 1.05. The number of hydrogen-bond acceptors (Lipinski definition) is 3. The van der Waals surface area contributed by atoms with Gasteiger partial charge >= 0.3 is 0 Å². The molecule has 6 heteroatoms. The standard InChI is InChI=1S/C13H19N5O/c1-11-9-16-18(10-11)12(2)13(19)14-5-3-7-17-8-4-6-15-17/h4,6,8-10,12H,3,5,7H2,1-2H3,(H,14,19). The molecule has 0 fully saturated rings. The summed E-state index contributed by atoms with van der Waals surface area (Å²) in [5, 5.41) is 11.2. The van der Waals surface area contributed by atoms with Crippen molar-refractivity contribution in [3.05, 3.63) is 36.4 Å². The molecule has 2 aromatic rings. The van der Waals surface area contributed by atoms with E-state index < -0.39 is 0 Å². The van der Waals surface area contributed by atoms with E-state index in [9.17, 15) is 4.79 Å². The van der Waals surface area contributed by atoms with Crippen molar-refractivity contribution in [1.29, 1.82) is 0 Å². The number of nitrogens with one attached hydrogen (secondary N) is 1. The van der Waals surface area contributed by atoms with Crippen molar-refractivity contribution >= 4 is 5.91 Å². The minimum atomic E-state index is -0.279. The van der Waals surface area contributed by atoms with E-state index in [4.69, 9.17) is 0 Å². The van der Waals surface area contributed by atoms with Crippen LogP contribution in [0.1, 0.15) is 24.9 Å². The van der Waals surface area contributed by atoms with Gasteiger partial charge in [-0.05, 0) is 31.9 Å². The van der Waals surface area contributed by atoms with Crippen LogP contribution in [0.15, 0.2) is 30.9 Å². The fourth-order valence-electron chi connectivity index (χ4n) is 1.80. The molecule has 1 atom stereocenters. The van der Waals surface area contributed by atoms with Gasteiger partial charge in [-0.3, -0.25) is 14.2 Å². The zero-order chi connectivity index (χ0) is 13.7. The van der Waals surface area contributed by atoms with Gasteiger partial charge in [0.1, 0.15) is 6.04 Å². The van der Waals surface area contributed by atoms with Gasteiger partial charge in [0.15, 0.2) is 0 Å². The van der Waals surface area contributed by atoms with Crippen LogP contribution in [-0.4, -0.2) is 32.0 Å². The lowest BCUT2D eigenvalue weighted by molar-refractivity contribution is -0.124. The fourth-order valence-corrected chi connectivity index (χ4v) is 1.80. The van der Waals surface area contributed by atoms with Crippen molar-refractivity contribution in [2.75, 3.05) is 6.54 Å². The molecule has 0 spiro atoms. The molecular weight excluding hydrogens is 242 g/mol. The molecule has 0 bridgehead atoms. The molecule has 1 N–H and O–H groups in total. The monoisotopic (exact) mass is 261 g/mol. The maximum atomic E-state index is 11.9. The van der Waals surface area contributed by atoms with Gasteiger partial charge < -0.3 is 5.32 Å². The highest BCUT2D eigenvalue weighted by atomic mass is 16.2. The Labute approximate surface area is 112 Å². The number of carbonyl (C=O) groups is 1. The van der Waals surface area contributed by atoms with Gasteiger partial charge in [-0.25, -0.2) is 0 Å². The van der Waals surface area contributed by atoms with Crippen LogP contribution < -0.4 is 5.32 Å². The summed E-state index contributed by atoms with van der Waals surface area (Å²) >= 11 is 0. The van der Waals surface area contributed by atoms with Gasteiger partial charge in [0.05, 0.1) is 6.20 Å². The lowest BCUT2D eigenvalue weighted by Gasteiger charge is -2.12. The summed E-state index contributed by atoms with van der Waals surface area (Å²) < 4.78 is 3.53. The van der Waals surface area contributed by atoms with Crippen LogP contribution in [0.3, 0.4) is 0 Å². The van der Waals surface area contributed by atoms with Gasteiger partial charge in [0.2, 0.25) is 5.91 Å². The molecular formula is C13H19N5O. The zero-order valence-corrected chi connectivity index (χ0v) is 11.3. The lowest BCUT2D eigenvalue weighted by Crippen LogP contribution is -2.32. The SMILES string of the molecule is Cc1cnn(C(C)C(=O)NCCCn2cccn2)c1. The van der Waals surface area contributed by atoms with Gasteiger partial charge in [-0.2, -0.15) is 10.2 Å². The van der Waals surface area contributed by atoms with Crippen LogP contribution in [-0.2, 0) is 11.3 Å². The van der Waals surface area contributed by atoms with Crippen LogP contribution in [0.4, 0.5) is 0 Å². The van der Waals surface area contributed by atoms with E-state index in [2.05, 4.69) is 15.5 Å². The van der Waals surface area contributed by atoms with Crippen LogP contribution >= 0.6 is 0 Å². The molecule has 0 aromatic carbocycles. The predicted molar refractivity (Wildman–Crippen MR) is 71.5 cm³/mol. The van der Waals surface area contributed by atoms with Gasteiger partial charge in [0.25, 0.3) is 0 Å². The summed E-state index contributed by atoms with van der Waals surface area (Å²) in [7, 11) is 0. The van der Waals surface area contributed by atoms with Crippen molar-refractivity contribution < 1.29 is 4.79 Å². The minimum absolute atomic E-state index is 0.0106. The van der Waals surface area contributed by atoms with Crippen LogP contribution in [0.25, 0.3) is 0 Å². The predicted octanol–water partition coefficient (Wildman–Crippen LogP) is 1.16. The number of nitrogens with zero attached hydrogens (tertiary/aromatic N) is 4. The Balaban J connectivity index is 1.72. The van der Waals surface area contributed by atoms with E-state index in [-0.39, 0.29) is 11.9 Å². The number of carbonyl (C=O) groups excluding carboxylic acids is 1. The van der Waals surface area contributed by atoms with E-state index in [1.54, 1.807) is 17.1 Å². The Morgan fingerprint density at radius 1 is 1.47 bits per heavy atom. The zero-order valence-electron chi connectivity index (χ0n) is 11.3. The van der Waals surface area contributed by atoms with Crippen LogP contribution in [0.5, 0.6) is 0 Å². The molecule has 0 aliphatic heterocycles. The second-order valence-corrected chi connectivity index (χ2v) is 4.59. The van der Waals surface area contributed by atoms with Crippen molar-refractivity contribution in [2.45, 2.75) is 32.9 Å². The van der Waals surface area contributed by atoms with Gasteiger partial charge in [-0.15, -0.1) is 0 Å². The fraction of sp³-hybridized carbons (Fsp3) is 0.462. The topological polar surface area (TPSA) is 64.7 Å². The molecule has 2 aromatic heterocycles. The first-order valence-electron chi connectivity index (χ1n) is 6.42. The maximum absolute atomic E-state index is 11.9. The van der Waals surface area contributed by atoms with E-state index in [1.165, 1.54) is 0 Å². The van der Waals surface area contributed by atoms with Crippen molar-refractivity contribution in [3.63, 3.8) is 0 Å². The van der Waals surface area contributed by atoms with Gasteiger partial charge in [0, 0.05) is 31.7 Å². The Bertz CT molecular complexity index is 517. The second-order valence-electron chi connectivity index (χ2n) is 4.59. The van der Waals surface area contributed by atoms with Crippen molar-refractivity contribution in [2.24, 2.45) is 0 Å². The molecule has 1 unspecified atom stereocenters. The number of rotatable bonds is 6. The third-order valence-corrected chi connectivity index (χ3v) is 2.93. The lowest BCUT2D eigenvalue weighted by atomic mass is 10.3. The summed E-state index contributed by atoms with van der Waals surface area (Å²) in [6.45, 7) is 5.25. The molecule has 19 heavy (non-hydrogen) atoms. The van der Waals surface area contributed by atoms with Crippen molar-refractivity contribution in [1.82, 2.24) is 24.9 Å². The smallest absolute Gasteiger partial charge is 0.244 e. The number of aryl methyl sites for hydroxylation is 2. The molecule has 6 nitrogen and oxygen atoms in total. The molecule has 0 aliphatic rings. The van der Waals surface area contributed by atoms with Gasteiger partial charge in [-0.1, -0.05) is 0 Å². The summed E-state index contributed by atoms with van der Waals surface area (Å²) in [5.74, 6) is -0.0106. The summed E-state index contributed by atoms with van der Waals surface area (Å²) in [6.07, 6.45) is 8.14. The minimum Gasteiger partial charge on any atom is -0.354 e. The van der Waals surface area contributed by atoms with E-state index >= 15 is 0 Å². The first-order chi connectivity index (χ1) is 9.16. The molecule has 0 saturated carbocycles. The second kappa shape index (κ2) is 6.17. The normalized spacial score (nSPS) is 12.3. The average Bonchev–Trinajstić information content (AvgIpc) is 3.04. The van der Waals surface area contributed by atoms with Crippen LogP contribution in [0, 0.1) is 6.92 Å². The van der Waals surface area contributed by atoms with E-state index in [1.807, 2.05) is 37.0 Å². The third kappa shape index (κ3) is 3.67. The van der Waals surface area contributed by atoms with E-state index in [0.717, 1.165) is 18.5 Å². The maximum Gasteiger partial charge on any atom is 0.244 e. The quantitative estimate of drug-likeness (QED) is 0.793. The molecule has 2 heterocycles. The summed E-state index contributed by atoms with van der Waals surface area (Å²) in [4.78, 5) is 11.9. The third-order valence-electron chi connectivity index (χ3n) is 2.93. The van der Waals surface area contributed by atoms with Crippen LogP contribution in [0.2, 0.25) is 0 Å². The molecule has 0 saturated heterocycles. The number of amides is 1. The first-order valence-corrected chi connectivity index (χ1v) is 6.42. The Kier molecular flexibility index (Phi) is 4.33. The summed E-state index contributed by atoms with van der Waals surface area (Å²) in [6, 6.07) is 1.61. The first kappa shape index (κ1) is 13.3. The largest absolute Gasteiger partial charge is 0.354 e. The van der Waals surface area contributed by atoms with Crippen molar-refractivity contribution in [3.8, 4) is 0 Å². The molecule has 1 amide bonds. The highest BCUT2D eigenvalue weighted by Gasteiger charge is 2.14. The number of hydrogen-bond donors (Lipinski definition) is 1.